The minimum atomic E-state index is -1.44. The van der Waals surface area contributed by atoms with E-state index in [4.69, 9.17) is 15.6 Å². The minimum Gasteiger partial charge on any atom is -0.497 e. The second-order valence-electron chi connectivity index (χ2n) is 7.13. The van der Waals surface area contributed by atoms with E-state index in [-0.39, 0.29) is 6.54 Å². The Kier molecular flexibility index (Phi) is 7.24. The average Bonchev–Trinajstić information content (AvgIpc) is 2.80. The Bertz CT molecular complexity index is 1150. The Morgan fingerprint density at radius 3 is 2.45 bits per heavy atom. The van der Waals surface area contributed by atoms with E-state index in [1.54, 1.807) is 7.11 Å². The fourth-order valence-electron chi connectivity index (χ4n) is 3.22. The molecule has 11 nitrogen and oxygen atoms in total. The van der Waals surface area contributed by atoms with E-state index >= 15 is 0 Å². The Hall–Kier alpha value is -4.41. The Morgan fingerprint density at radius 1 is 1.12 bits per heavy atom. The second kappa shape index (κ2) is 10.3. The van der Waals surface area contributed by atoms with Crippen molar-refractivity contribution in [3.63, 3.8) is 0 Å². The molecule has 3 amide bonds. The molecule has 172 valence electrons. The first-order valence-electron chi connectivity index (χ1n) is 9.97. The quantitative estimate of drug-likeness (QED) is 0.380. The standard InChI is InChI=1S/C22H24N6O5/c1-28(13-7-9-14(33-2)10-8-13)20-15-5-3-4-6-16(15)25-19(27-20)12-24-21(30)17(11-18(23)29)26-22(31)32/h3-10,17,26H,11-12H2,1-2H3,(H2,23,29)(H,24,30)(H,31,32)/t17-/m0/s1. The predicted octanol–water partition coefficient (Wildman–Crippen LogP) is 1.53. The van der Waals surface area contributed by atoms with Crippen molar-refractivity contribution >= 4 is 40.3 Å². The number of rotatable bonds is 9. The van der Waals surface area contributed by atoms with Crippen molar-refractivity contribution in [3.05, 3.63) is 54.4 Å². The van der Waals surface area contributed by atoms with Crippen LogP contribution in [0.15, 0.2) is 48.5 Å². The zero-order valence-corrected chi connectivity index (χ0v) is 18.1. The predicted molar refractivity (Wildman–Crippen MR) is 121 cm³/mol. The molecular formula is C22H24N6O5. The first-order chi connectivity index (χ1) is 15.8. The highest BCUT2D eigenvalue weighted by Crippen LogP contribution is 2.29. The zero-order chi connectivity index (χ0) is 24.0. The molecule has 0 fully saturated rings. The van der Waals surface area contributed by atoms with E-state index in [1.807, 2.05) is 65.8 Å². The number of carbonyl (C=O) groups is 3. The van der Waals surface area contributed by atoms with E-state index in [0.717, 1.165) is 16.8 Å². The van der Waals surface area contributed by atoms with Gasteiger partial charge >= 0.3 is 6.09 Å². The molecule has 0 unspecified atom stereocenters. The number of anilines is 2. The number of methoxy groups -OCH3 is 1. The van der Waals surface area contributed by atoms with Crippen molar-refractivity contribution in [1.82, 2.24) is 20.6 Å². The molecule has 0 spiro atoms. The van der Waals surface area contributed by atoms with Crippen LogP contribution >= 0.6 is 0 Å². The number of benzene rings is 2. The van der Waals surface area contributed by atoms with E-state index < -0.39 is 30.4 Å². The third-order valence-corrected chi connectivity index (χ3v) is 4.85. The van der Waals surface area contributed by atoms with Gasteiger partial charge in [-0.05, 0) is 36.4 Å². The largest absolute Gasteiger partial charge is 0.497 e. The fraction of sp³-hybridized carbons (Fsp3) is 0.227. The maximum Gasteiger partial charge on any atom is 0.405 e. The summed E-state index contributed by atoms with van der Waals surface area (Å²) >= 11 is 0. The van der Waals surface area contributed by atoms with Crippen LogP contribution in [0.25, 0.3) is 10.9 Å². The molecule has 1 heterocycles. The molecular weight excluding hydrogens is 428 g/mol. The van der Waals surface area contributed by atoms with Gasteiger partial charge in [-0.2, -0.15) is 0 Å². The number of nitrogens with two attached hydrogens (primary N) is 1. The SMILES string of the molecule is COc1ccc(N(C)c2nc(CNC(=O)[C@H](CC(N)=O)NC(=O)O)nc3ccccc23)cc1. The van der Waals surface area contributed by atoms with Crippen LogP contribution in [0.1, 0.15) is 12.2 Å². The number of amides is 3. The lowest BCUT2D eigenvalue weighted by molar-refractivity contribution is -0.127. The van der Waals surface area contributed by atoms with Crippen LogP contribution in [0, 0.1) is 0 Å². The minimum absolute atomic E-state index is 0.0797. The van der Waals surface area contributed by atoms with Gasteiger partial charge in [0.1, 0.15) is 17.6 Å². The third-order valence-electron chi connectivity index (χ3n) is 4.85. The van der Waals surface area contributed by atoms with Gasteiger partial charge in [-0.3, -0.25) is 9.59 Å². The molecule has 11 heteroatoms. The summed E-state index contributed by atoms with van der Waals surface area (Å²) in [5, 5.41) is 14.3. The summed E-state index contributed by atoms with van der Waals surface area (Å²) in [6, 6.07) is 13.6. The monoisotopic (exact) mass is 452 g/mol. The van der Waals surface area contributed by atoms with Crippen molar-refractivity contribution in [2.45, 2.75) is 19.0 Å². The molecule has 3 rings (SSSR count). The highest BCUT2D eigenvalue weighted by Gasteiger charge is 2.23. The van der Waals surface area contributed by atoms with Gasteiger partial charge in [0.15, 0.2) is 5.82 Å². The number of nitrogens with zero attached hydrogens (tertiary/aromatic N) is 3. The number of primary amides is 1. The van der Waals surface area contributed by atoms with E-state index in [1.165, 1.54) is 0 Å². The van der Waals surface area contributed by atoms with Crippen molar-refractivity contribution in [2.24, 2.45) is 5.73 Å². The average molecular weight is 452 g/mol. The van der Waals surface area contributed by atoms with Gasteiger partial charge < -0.3 is 31.1 Å². The van der Waals surface area contributed by atoms with Gasteiger partial charge in [-0.15, -0.1) is 0 Å². The smallest absolute Gasteiger partial charge is 0.405 e. The van der Waals surface area contributed by atoms with Crippen LogP contribution in [-0.4, -0.2) is 53.2 Å². The van der Waals surface area contributed by atoms with Crippen molar-refractivity contribution in [1.29, 1.82) is 0 Å². The summed E-state index contributed by atoms with van der Waals surface area (Å²) < 4.78 is 5.21. The van der Waals surface area contributed by atoms with Crippen LogP contribution in [0.3, 0.4) is 0 Å². The molecule has 1 aromatic heterocycles. The number of ether oxygens (including phenoxy) is 1. The Labute approximate surface area is 189 Å². The second-order valence-corrected chi connectivity index (χ2v) is 7.13. The maximum atomic E-state index is 12.4. The molecule has 0 aliphatic carbocycles. The fourth-order valence-corrected chi connectivity index (χ4v) is 3.22. The molecule has 0 aliphatic rings. The first-order valence-corrected chi connectivity index (χ1v) is 9.97. The van der Waals surface area contributed by atoms with Crippen molar-refractivity contribution < 1.29 is 24.2 Å². The summed E-state index contributed by atoms with van der Waals surface area (Å²) in [7, 11) is 3.45. The molecule has 33 heavy (non-hydrogen) atoms. The number of aromatic nitrogens is 2. The van der Waals surface area contributed by atoms with Crippen molar-refractivity contribution in [3.8, 4) is 5.75 Å². The van der Waals surface area contributed by atoms with Gasteiger partial charge in [-0.1, -0.05) is 12.1 Å². The van der Waals surface area contributed by atoms with Gasteiger partial charge in [-0.25, -0.2) is 14.8 Å². The Morgan fingerprint density at radius 2 is 1.82 bits per heavy atom. The van der Waals surface area contributed by atoms with Gasteiger partial charge in [0, 0.05) is 18.1 Å². The Balaban J connectivity index is 1.87. The number of carbonyl (C=O) groups excluding carboxylic acids is 2. The van der Waals surface area contributed by atoms with E-state index in [0.29, 0.717) is 17.2 Å². The van der Waals surface area contributed by atoms with Crippen LogP contribution in [0.4, 0.5) is 16.3 Å². The molecule has 0 bridgehead atoms. The van der Waals surface area contributed by atoms with Crippen LogP contribution in [0.5, 0.6) is 5.75 Å². The first kappa shape index (κ1) is 23.3. The van der Waals surface area contributed by atoms with Gasteiger partial charge in [0.05, 0.1) is 25.6 Å². The van der Waals surface area contributed by atoms with Gasteiger partial charge in [0.2, 0.25) is 11.8 Å². The van der Waals surface area contributed by atoms with Crippen LogP contribution < -0.4 is 26.0 Å². The number of fused-ring (bicyclic) bond motifs is 1. The molecule has 0 aliphatic heterocycles. The van der Waals surface area contributed by atoms with E-state index in [2.05, 4.69) is 15.3 Å². The zero-order valence-electron chi connectivity index (χ0n) is 18.1. The van der Waals surface area contributed by atoms with Crippen LogP contribution in [-0.2, 0) is 16.1 Å². The number of nitrogens with one attached hydrogen (secondary N) is 2. The molecule has 1 atom stereocenters. The molecule has 2 aromatic carbocycles. The summed E-state index contributed by atoms with van der Waals surface area (Å²) in [5.74, 6) is 0.133. The highest BCUT2D eigenvalue weighted by molar-refractivity contribution is 5.92. The number of hydrogen-bond donors (Lipinski definition) is 4. The number of carboxylic acid groups (broad SMARTS) is 1. The summed E-state index contributed by atoms with van der Waals surface area (Å²) in [6.07, 6.45) is -1.91. The molecule has 3 aromatic rings. The molecule has 0 radical (unpaired) electrons. The summed E-state index contributed by atoms with van der Waals surface area (Å²) in [5.41, 5.74) is 6.65. The lowest BCUT2D eigenvalue weighted by Gasteiger charge is -2.21. The lowest BCUT2D eigenvalue weighted by Crippen LogP contribution is -2.48. The maximum absolute atomic E-state index is 12.4. The van der Waals surface area contributed by atoms with E-state index in [9.17, 15) is 14.4 Å². The summed E-state index contributed by atoms with van der Waals surface area (Å²) in [6.45, 7) is -0.0797. The molecule has 5 N–H and O–H groups in total. The lowest BCUT2D eigenvalue weighted by atomic mass is 10.2. The van der Waals surface area contributed by atoms with Gasteiger partial charge in [0.25, 0.3) is 0 Å². The molecule has 0 saturated carbocycles. The van der Waals surface area contributed by atoms with Crippen LogP contribution in [0.2, 0.25) is 0 Å². The third kappa shape index (κ3) is 5.85. The normalized spacial score (nSPS) is 11.5. The molecule has 0 saturated heterocycles. The highest BCUT2D eigenvalue weighted by atomic mass is 16.5. The number of hydrogen-bond acceptors (Lipinski definition) is 7. The van der Waals surface area contributed by atoms with Crippen molar-refractivity contribution in [2.75, 3.05) is 19.1 Å². The topological polar surface area (TPSA) is 160 Å². The number of para-hydroxylation sites is 1. The summed E-state index contributed by atoms with van der Waals surface area (Å²) in [4.78, 5) is 45.5.